The molecule has 0 saturated carbocycles. The fraction of sp³-hybridized carbons (Fsp3) is 0.125. The molecule has 2 heteroatoms. The van der Waals surface area contributed by atoms with Gasteiger partial charge in [-0.15, -0.1) is 0 Å². The molecule has 0 aliphatic carbocycles. The summed E-state index contributed by atoms with van der Waals surface area (Å²) < 4.78 is 0. The van der Waals surface area contributed by atoms with Crippen molar-refractivity contribution >= 4 is 12.1 Å². The maximum Gasteiger partial charge on any atom is 0.193 e. The Morgan fingerprint density at radius 1 is 0.889 bits per heavy atom. The molecule has 0 amide bonds. The second-order valence-corrected chi connectivity index (χ2v) is 3.64. The Morgan fingerprint density at radius 3 is 1.50 bits per heavy atom. The predicted octanol–water partition coefficient (Wildman–Crippen LogP) is 3.51. The Kier molecular flexibility index (Phi) is 6.12. The first-order chi connectivity index (χ1) is 8.79. The molecule has 2 aromatic carbocycles. The maximum atomic E-state index is 11.8. The number of carbonyl (C=O) groups excluding carboxylic acids is 2. The Hall–Kier alpha value is -2.22. The summed E-state index contributed by atoms with van der Waals surface area (Å²) in [6, 6.07) is 18.6. The molecule has 0 fully saturated rings. The van der Waals surface area contributed by atoms with E-state index in [1.54, 1.807) is 0 Å². The zero-order valence-electron chi connectivity index (χ0n) is 10.4. The second-order valence-electron chi connectivity index (χ2n) is 3.64. The van der Waals surface area contributed by atoms with Crippen molar-refractivity contribution in [3.63, 3.8) is 0 Å². The molecule has 0 bridgehead atoms. The quantitative estimate of drug-likeness (QED) is 0.607. The number of ketones is 1. The second kappa shape index (κ2) is 7.96. The van der Waals surface area contributed by atoms with Gasteiger partial charge in [-0.2, -0.15) is 0 Å². The Bertz CT molecular complexity index is 433. The van der Waals surface area contributed by atoms with Crippen molar-refractivity contribution in [3.05, 3.63) is 71.8 Å². The summed E-state index contributed by atoms with van der Waals surface area (Å²) in [5, 5.41) is 0. The number of aldehydes is 1. The van der Waals surface area contributed by atoms with Gasteiger partial charge < -0.3 is 4.79 Å². The highest BCUT2D eigenvalue weighted by atomic mass is 16.1. The summed E-state index contributed by atoms with van der Waals surface area (Å²) in [4.78, 5) is 21.0. The Labute approximate surface area is 107 Å². The van der Waals surface area contributed by atoms with Crippen LogP contribution in [-0.2, 0) is 4.79 Å². The molecule has 0 saturated heterocycles. The number of hydrogen-bond donors (Lipinski definition) is 0. The standard InChI is InChI=1S/C13H10O.C3H6O/c14-13(11-7-3-1-4-8-11)12-9-5-2-6-10-12;1-2-3-4/h1-10H;3H,2H2,1H3. The maximum absolute atomic E-state index is 11.8. The lowest BCUT2D eigenvalue weighted by molar-refractivity contribution is -0.107. The van der Waals surface area contributed by atoms with Crippen LogP contribution in [0.15, 0.2) is 60.7 Å². The molecule has 92 valence electrons. The van der Waals surface area contributed by atoms with E-state index >= 15 is 0 Å². The van der Waals surface area contributed by atoms with Crippen LogP contribution >= 0.6 is 0 Å². The molecule has 2 rings (SSSR count). The van der Waals surface area contributed by atoms with E-state index in [0.717, 1.165) is 17.4 Å². The van der Waals surface area contributed by atoms with Crippen LogP contribution in [0.25, 0.3) is 0 Å². The molecular formula is C16H16O2. The van der Waals surface area contributed by atoms with Crippen molar-refractivity contribution in [2.45, 2.75) is 13.3 Å². The molecule has 2 nitrogen and oxygen atoms in total. The average Bonchev–Trinajstić information content (AvgIpc) is 2.48. The van der Waals surface area contributed by atoms with Crippen LogP contribution in [-0.4, -0.2) is 12.1 Å². The number of rotatable bonds is 3. The van der Waals surface area contributed by atoms with Crippen LogP contribution < -0.4 is 0 Å². The first kappa shape index (κ1) is 13.8. The minimum absolute atomic E-state index is 0.0752. The van der Waals surface area contributed by atoms with Crippen LogP contribution in [0.5, 0.6) is 0 Å². The Morgan fingerprint density at radius 2 is 1.22 bits per heavy atom. The van der Waals surface area contributed by atoms with E-state index in [9.17, 15) is 9.59 Å². The molecule has 18 heavy (non-hydrogen) atoms. The van der Waals surface area contributed by atoms with Gasteiger partial charge in [0.1, 0.15) is 6.29 Å². The number of carbonyl (C=O) groups is 2. The van der Waals surface area contributed by atoms with Gasteiger partial charge in [-0.3, -0.25) is 4.79 Å². The third-order valence-corrected chi connectivity index (χ3v) is 2.24. The van der Waals surface area contributed by atoms with Gasteiger partial charge >= 0.3 is 0 Å². The van der Waals surface area contributed by atoms with E-state index in [0.29, 0.717) is 6.42 Å². The van der Waals surface area contributed by atoms with Gasteiger partial charge in [0.05, 0.1) is 0 Å². The van der Waals surface area contributed by atoms with E-state index in [-0.39, 0.29) is 5.78 Å². The van der Waals surface area contributed by atoms with Crippen LogP contribution in [0.3, 0.4) is 0 Å². The normalized spacial score (nSPS) is 8.94. The molecule has 0 heterocycles. The smallest absolute Gasteiger partial charge is 0.193 e. The van der Waals surface area contributed by atoms with Crippen LogP contribution in [0.4, 0.5) is 0 Å². The first-order valence-electron chi connectivity index (χ1n) is 5.88. The molecule has 0 aliphatic heterocycles. The highest BCUT2D eigenvalue weighted by Gasteiger charge is 2.06. The fourth-order valence-electron chi connectivity index (χ4n) is 1.35. The molecule has 0 radical (unpaired) electrons. The highest BCUT2D eigenvalue weighted by Crippen LogP contribution is 2.08. The van der Waals surface area contributed by atoms with Crippen molar-refractivity contribution in [1.82, 2.24) is 0 Å². The van der Waals surface area contributed by atoms with Gasteiger partial charge in [-0.1, -0.05) is 67.6 Å². The van der Waals surface area contributed by atoms with Crippen LogP contribution in [0.2, 0.25) is 0 Å². The lowest BCUT2D eigenvalue weighted by Crippen LogP contribution is -1.99. The van der Waals surface area contributed by atoms with E-state index in [1.165, 1.54) is 0 Å². The minimum atomic E-state index is 0.0752. The third kappa shape index (κ3) is 4.34. The van der Waals surface area contributed by atoms with E-state index in [1.807, 2.05) is 67.6 Å². The van der Waals surface area contributed by atoms with Crippen molar-refractivity contribution in [3.8, 4) is 0 Å². The van der Waals surface area contributed by atoms with E-state index < -0.39 is 0 Å². The van der Waals surface area contributed by atoms with E-state index in [4.69, 9.17) is 0 Å². The lowest BCUT2D eigenvalue weighted by atomic mass is 10.0. The molecule has 0 aromatic heterocycles. The molecule has 0 unspecified atom stereocenters. The average molecular weight is 240 g/mol. The summed E-state index contributed by atoms with van der Waals surface area (Å²) in [5.41, 5.74) is 1.47. The summed E-state index contributed by atoms with van der Waals surface area (Å²) >= 11 is 0. The molecule has 0 aliphatic rings. The molecular weight excluding hydrogens is 224 g/mol. The summed E-state index contributed by atoms with van der Waals surface area (Å²) in [6.45, 7) is 1.81. The lowest BCUT2D eigenvalue weighted by Gasteiger charge is -1.99. The van der Waals surface area contributed by atoms with Gasteiger partial charge in [0.2, 0.25) is 0 Å². The fourth-order valence-corrected chi connectivity index (χ4v) is 1.35. The van der Waals surface area contributed by atoms with Crippen molar-refractivity contribution in [2.75, 3.05) is 0 Å². The number of benzene rings is 2. The van der Waals surface area contributed by atoms with Gasteiger partial charge in [0.25, 0.3) is 0 Å². The monoisotopic (exact) mass is 240 g/mol. The van der Waals surface area contributed by atoms with Gasteiger partial charge in [0.15, 0.2) is 5.78 Å². The molecule has 0 N–H and O–H groups in total. The largest absolute Gasteiger partial charge is 0.303 e. The zero-order chi connectivity index (χ0) is 13.2. The zero-order valence-corrected chi connectivity index (χ0v) is 10.4. The van der Waals surface area contributed by atoms with Crippen molar-refractivity contribution in [1.29, 1.82) is 0 Å². The van der Waals surface area contributed by atoms with Gasteiger partial charge in [-0.05, 0) is 0 Å². The number of hydrogen-bond acceptors (Lipinski definition) is 2. The van der Waals surface area contributed by atoms with Crippen molar-refractivity contribution in [2.24, 2.45) is 0 Å². The minimum Gasteiger partial charge on any atom is -0.303 e. The van der Waals surface area contributed by atoms with E-state index in [2.05, 4.69) is 0 Å². The highest BCUT2D eigenvalue weighted by molar-refractivity contribution is 6.08. The topological polar surface area (TPSA) is 34.1 Å². The van der Waals surface area contributed by atoms with Crippen molar-refractivity contribution < 1.29 is 9.59 Å². The molecule has 0 atom stereocenters. The summed E-state index contributed by atoms with van der Waals surface area (Å²) in [7, 11) is 0. The molecule has 2 aromatic rings. The van der Waals surface area contributed by atoms with Crippen LogP contribution in [0.1, 0.15) is 29.3 Å². The van der Waals surface area contributed by atoms with Gasteiger partial charge in [0, 0.05) is 17.5 Å². The third-order valence-electron chi connectivity index (χ3n) is 2.24. The summed E-state index contributed by atoms with van der Waals surface area (Å²) in [5.74, 6) is 0.0752. The predicted molar refractivity (Wildman–Crippen MR) is 72.7 cm³/mol. The molecule has 0 spiro atoms. The van der Waals surface area contributed by atoms with Crippen LogP contribution in [0, 0.1) is 0 Å². The Balaban J connectivity index is 0.000000357. The SMILES string of the molecule is CCC=O.O=C(c1ccccc1)c1ccccc1. The van der Waals surface area contributed by atoms with Gasteiger partial charge in [-0.25, -0.2) is 0 Å². The summed E-state index contributed by atoms with van der Waals surface area (Å²) in [6.07, 6.45) is 1.51. The first-order valence-corrected chi connectivity index (χ1v) is 5.88.